The predicted molar refractivity (Wildman–Crippen MR) is 59.6 cm³/mol. The zero-order valence-corrected chi connectivity index (χ0v) is 9.75. The first kappa shape index (κ1) is 12.0. The summed E-state index contributed by atoms with van der Waals surface area (Å²) in [6.45, 7) is 8.63. The highest BCUT2D eigenvalue weighted by atomic mass is 16.5. The molecule has 0 aliphatic heterocycles. The Morgan fingerprint density at radius 2 is 2.21 bits per heavy atom. The summed E-state index contributed by atoms with van der Waals surface area (Å²) in [6, 6.07) is 1.36. The number of nitrogens with zero attached hydrogens (tertiary/aromatic N) is 1. The van der Waals surface area contributed by atoms with Gasteiger partial charge in [0.15, 0.2) is 0 Å². The number of nitrogens with one attached hydrogen (secondary N) is 1. The van der Waals surface area contributed by atoms with E-state index in [2.05, 4.69) is 24.1 Å². The van der Waals surface area contributed by atoms with Gasteiger partial charge in [0.2, 0.25) is 0 Å². The summed E-state index contributed by atoms with van der Waals surface area (Å²) in [5.41, 5.74) is 0. The van der Waals surface area contributed by atoms with Gasteiger partial charge in [-0.05, 0) is 26.3 Å². The highest BCUT2D eigenvalue weighted by molar-refractivity contribution is 4.81. The van der Waals surface area contributed by atoms with Crippen LogP contribution in [0.3, 0.4) is 0 Å². The van der Waals surface area contributed by atoms with Gasteiger partial charge in [0.1, 0.15) is 0 Å². The molecule has 84 valence electrons. The lowest BCUT2D eigenvalue weighted by Crippen LogP contribution is -2.40. The first-order valence-corrected chi connectivity index (χ1v) is 5.74. The second-order valence-electron chi connectivity index (χ2n) is 4.16. The first-order valence-electron chi connectivity index (χ1n) is 5.74. The van der Waals surface area contributed by atoms with Crippen molar-refractivity contribution in [2.45, 2.75) is 38.8 Å². The van der Waals surface area contributed by atoms with E-state index in [0.29, 0.717) is 6.04 Å². The van der Waals surface area contributed by atoms with E-state index in [1.54, 1.807) is 7.11 Å². The molecule has 0 aromatic rings. The summed E-state index contributed by atoms with van der Waals surface area (Å²) >= 11 is 0. The lowest BCUT2D eigenvalue weighted by molar-refractivity contribution is 0.103. The van der Waals surface area contributed by atoms with E-state index in [0.717, 1.165) is 32.3 Å². The summed E-state index contributed by atoms with van der Waals surface area (Å²) in [7, 11) is 1.77. The van der Waals surface area contributed by atoms with Crippen molar-refractivity contribution in [3.05, 3.63) is 0 Å². The molecule has 1 rings (SSSR count). The number of rotatable bonds is 8. The molecule has 0 aromatic carbocycles. The molecule has 0 radical (unpaired) electrons. The van der Waals surface area contributed by atoms with Crippen LogP contribution in [-0.2, 0) is 4.74 Å². The van der Waals surface area contributed by atoms with Crippen LogP contribution in [0.25, 0.3) is 0 Å². The smallest absolute Gasteiger partial charge is 0.0615 e. The first-order chi connectivity index (χ1) is 6.77. The van der Waals surface area contributed by atoms with Gasteiger partial charge < -0.3 is 10.1 Å². The van der Waals surface area contributed by atoms with Crippen molar-refractivity contribution in [3.63, 3.8) is 0 Å². The Balaban J connectivity index is 2.08. The van der Waals surface area contributed by atoms with Gasteiger partial charge in [0.25, 0.3) is 0 Å². The number of methoxy groups -OCH3 is 1. The van der Waals surface area contributed by atoms with Crippen molar-refractivity contribution in [2.24, 2.45) is 0 Å². The van der Waals surface area contributed by atoms with Crippen molar-refractivity contribution in [1.29, 1.82) is 0 Å². The zero-order valence-electron chi connectivity index (χ0n) is 9.75. The number of likely N-dealkylation sites (N-methyl/N-ethyl adjacent to an activating group) is 1. The average molecular weight is 200 g/mol. The van der Waals surface area contributed by atoms with Gasteiger partial charge in [-0.15, -0.1) is 0 Å². The minimum Gasteiger partial charge on any atom is -0.383 e. The highest BCUT2D eigenvalue weighted by Gasteiger charge is 2.20. The van der Waals surface area contributed by atoms with Crippen molar-refractivity contribution in [2.75, 3.05) is 33.4 Å². The van der Waals surface area contributed by atoms with Gasteiger partial charge >= 0.3 is 0 Å². The van der Waals surface area contributed by atoms with Crippen molar-refractivity contribution in [3.8, 4) is 0 Å². The summed E-state index contributed by atoms with van der Waals surface area (Å²) in [4.78, 5) is 2.46. The van der Waals surface area contributed by atoms with E-state index >= 15 is 0 Å². The van der Waals surface area contributed by atoms with E-state index < -0.39 is 0 Å². The summed E-state index contributed by atoms with van der Waals surface area (Å²) < 4.78 is 5.16. The van der Waals surface area contributed by atoms with Crippen LogP contribution in [0.2, 0.25) is 0 Å². The molecule has 1 aliphatic carbocycles. The Bertz CT molecular complexity index is 148. The molecule has 1 N–H and O–H groups in total. The molecule has 0 aromatic heterocycles. The third kappa shape index (κ3) is 4.40. The minimum absolute atomic E-state index is 0.533. The Labute approximate surface area is 87.8 Å². The molecule has 1 aliphatic rings. The van der Waals surface area contributed by atoms with Crippen LogP contribution >= 0.6 is 0 Å². The van der Waals surface area contributed by atoms with Crippen LogP contribution in [0.5, 0.6) is 0 Å². The third-order valence-electron chi connectivity index (χ3n) is 2.85. The minimum atomic E-state index is 0.533. The molecule has 0 spiro atoms. The standard InChI is InChI=1S/C11H24N2O/c1-4-13(10(2)9-14-3)8-7-12-11-5-6-11/h10-12H,4-9H2,1-3H3. The molecule has 0 amide bonds. The lowest BCUT2D eigenvalue weighted by Gasteiger charge is -2.27. The van der Waals surface area contributed by atoms with Crippen LogP contribution < -0.4 is 5.32 Å². The predicted octanol–water partition coefficient (Wildman–Crippen LogP) is 1.10. The lowest BCUT2D eigenvalue weighted by atomic mass is 10.3. The topological polar surface area (TPSA) is 24.5 Å². The van der Waals surface area contributed by atoms with Gasteiger partial charge in [0.05, 0.1) is 6.61 Å². The fourth-order valence-electron chi connectivity index (χ4n) is 1.74. The van der Waals surface area contributed by atoms with Crippen LogP contribution in [-0.4, -0.2) is 50.3 Å². The quantitative estimate of drug-likeness (QED) is 0.635. The van der Waals surface area contributed by atoms with E-state index in [1.807, 2.05) is 0 Å². The molecule has 1 unspecified atom stereocenters. The molecular weight excluding hydrogens is 176 g/mol. The zero-order chi connectivity index (χ0) is 10.4. The second-order valence-corrected chi connectivity index (χ2v) is 4.16. The Morgan fingerprint density at radius 1 is 1.50 bits per heavy atom. The Hall–Kier alpha value is -0.120. The maximum Gasteiger partial charge on any atom is 0.0615 e. The molecule has 14 heavy (non-hydrogen) atoms. The number of ether oxygens (including phenoxy) is 1. The van der Waals surface area contributed by atoms with E-state index in [9.17, 15) is 0 Å². The van der Waals surface area contributed by atoms with Gasteiger partial charge in [-0.3, -0.25) is 4.90 Å². The monoisotopic (exact) mass is 200 g/mol. The largest absolute Gasteiger partial charge is 0.383 e. The fourth-order valence-corrected chi connectivity index (χ4v) is 1.74. The van der Waals surface area contributed by atoms with Crippen LogP contribution in [0.1, 0.15) is 26.7 Å². The molecular formula is C11H24N2O. The number of hydrogen-bond acceptors (Lipinski definition) is 3. The van der Waals surface area contributed by atoms with Gasteiger partial charge in [0, 0.05) is 32.3 Å². The molecule has 3 nitrogen and oxygen atoms in total. The molecule has 1 fully saturated rings. The normalized spacial score (nSPS) is 18.9. The average Bonchev–Trinajstić information content (AvgIpc) is 2.96. The molecule has 0 heterocycles. The van der Waals surface area contributed by atoms with Crippen LogP contribution in [0, 0.1) is 0 Å². The van der Waals surface area contributed by atoms with Gasteiger partial charge in [-0.1, -0.05) is 6.92 Å². The van der Waals surface area contributed by atoms with E-state index in [4.69, 9.17) is 4.74 Å². The van der Waals surface area contributed by atoms with Crippen molar-refractivity contribution in [1.82, 2.24) is 10.2 Å². The van der Waals surface area contributed by atoms with Gasteiger partial charge in [-0.2, -0.15) is 0 Å². The van der Waals surface area contributed by atoms with Gasteiger partial charge in [-0.25, -0.2) is 0 Å². The van der Waals surface area contributed by atoms with Crippen LogP contribution in [0.4, 0.5) is 0 Å². The molecule has 0 bridgehead atoms. The summed E-state index contributed by atoms with van der Waals surface area (Å²) in [6.07, 6.45) is 2.75. The third-order valence-corrected chi connectivity index (χ3v) is 2.85. The SMILES string of the molecule is CCN(CCNC1CC1)C(C)COC. The fraction of sp³-hybridized carbons (Fsp3) is 1.00. The molecule has 0 saturated heterocycles. The summed E-state index contributed by atoms with van der Waals surface area (Å²) in [5, 5.41) is 3.54. The number of hydrogen-bond donors (Lipinski definition) is 1. The second kappa shape index (κ2) is 6.38. The molecule has 1 saturated carbocycles. The van der Waals surface area contributed by atoms with Crippen LogP contribution in [0.15, 0.2) is 0 Å². The highest BCUT2D eigenvalue weighted by Crippen LogP contribution is 2.18. The van der Waals surface area contributed by atoms with Crippen molar-refractivity contribution < 1.29 is 4.74 Å². The van der Waals surface area contributed by atoms with E-state index in [-0.39, 0.29) is 0 Å². The van der Waals surface area contributed by atoms with E-state index in [1.165, 1.54) is 12.8 Å². The maximum absolute atomic E-state index is 5.16. The summed E-state index contributed by atoms with van der Waals surface area (Å²) in [5.74, 6) is 0. The van der Waals surface area contributed by atoms with Crippen molar-refractivity contribution >= 4 is 0 Å². The Kier molecular flexibility index (Phi) is 5.45. The maximum atomic E-state index is 5.16. The Morgan fingerprint density at radius 3 is 2.71 bits per heavy atom. The molecule has 3 heteroatoms. The molecule has 1 atom stereocenters.